The molecular weight excluding hydrogens is 330 g/mol. The number of nitrogens with one attached hydrogen (secondary N) is 2. The molecule has 0 fully saturated rings. The van der Waals surface area contributed by atoms with Gasteiger partial charge in [0, 0.05) is 18.3 Å². The molecule has 0 atom stereocenters. The molecule has 4 nitrogen and oxygen atoms in total. The van der Waals surface area contributed by atoms with Gasteiger partial charge in [-0.3, -0.25) is 0 Å². The highest BCUT2D eigenvalue weighted by Crippen LogP contribution is 2.29. The average Bonchev–Trinajstić information content (AvgIpc) is 2.38. The van der Waals surface area contributed by atoms with E-state index in [2.05, 4.69) is 36.5 Å². The highest BCUT2D eigenvalue weighted by molar-refractivity contribution is 9.10. The molecule has 0 aliphatic rings. The Morgan fingerprint density at radius 2 is 1.75 bits per heavy atom. The van der Waals surface area contributed by atoms with E-state index < -0.39 is 11.6 Å². The Kier molecular flexibility index (Phi) is 4.84. The summed E-state index contributed by atoms with van der Waals surface area (Å²) >= 11 is 3.37. The Morgan fingerprint density at radius 3 is 2.40 bits per heavy atom. The highest BCUT2D eigenvalue weighted by atomic mass is 79.9. The topological polar surface area (TPSA) is 49.8 Å². The molecule has 0 saturated carbocycles. The maximum atomic E-state index is 13.1. The molecule has 0 radical (unpaired) electrons. The summed E-state index contributed by atoms with van der Waals surface area (Å²) in [5, 5.41) is 5.98. The van der Waals surface area contributed by atoms with Gasteiger partial charge in [0.25, 0.3) is 0 Å². The van der Waals surface area contributed by atoms with Crippen molar-refractivity contribution >= 4 is 33.3 Å². The minimum absolute atomic E-state index is 0.281. The van der Waals surface area contributed by atoms with E-state index in [1.807, 2.05) is 6.92 Å². The minimum Gasteiger partial charge on any atom is -0.369 e. The average molecular weight is 343 g/mol. The Labute approximate surface area is 123 Å². The monoisotopic (exact) mass is 342 g/mol. The second-order valence-corrected chi connectivity index (χ2v) is 4.89. The van der Waals surface area contributed by atoms with Crippen molar-refractivity contribution < 1.29 is 8.78 Å². The van der Waals surface area contributed by atoms with E-state index in [0.717, 1.165) is 19.0 Å². The van der Waals surface area contributed by atoms with Gasteiger partial charge in [-0.15, -0.1) is 0 Å². The third-order valence-electron chi connectivity index (χ3n) is 2.46. The first-order valence-electron chi connectivity index (χ1n) is 6.07. The van der Waals surface area contributed by atoms with Crippen LogP contribution in [0.5, 0.6) is 0 Å². The standard InChI is InChI=1S/C13H13BrF2N4/c1-2-3-17-12-11(14)13(19-7-18-12)20-10-5-8(15)4-9(16)6-10/h4-7H,2-3H2,1H3,(H2,17,18,19,20). The normalized spacial score (nSPS) is 10.4. The largest absolute Gasteiger partial charge is 0.369 e. The summed E-state index contributed by atoms with van der Waals surface area (Å²) < 4.78 is 26.9. The number of benzene rings is 1. The molecule has 1 aromatic heterocycles. The Bertz CT molecular complexity index is 587. The Morgan fingerprint density at radius 1 is 1.10 bits per heavy atom. The first kappa shape index (κ1) is 14.6. The van der Waals surface area contributed by atoms with E-state index >= 15 is 0 Å². The fraction of sp³-hybridized carbons (Fsp3) is 0.231. The van der Waals surface area contributed by atoms with Crippen LogP contribution in [-0.2, 0) is 0 Å². The smallest absolute Gasteiger partial charge is 0.150 e. The molecule has 1 heterocycles. The fourth-order valence-electron chi connectivity index (χ4n) is 1.59. The molecule has 0 spiro atoms. The second-order valence-electron chi connectivity index (χ2n) is 4.09. The predicted octanol–water partition coefficient (Wildman–Crippen LogP) is 4.08. The minimum atomic E-state index is -0.651. The van der Waals surface area contributed by atoms with Crippen molar-refractivity contribution in [3.05, 3.63) is 40.6 Å². The molecule has 0 amide bonds. The molecule has 0 aliphatic carbocycles. The molecule has 0 aliphatic heterocycles. The lowest BCUT2D eigenvalue weighted by atomic mass is 10.3. The molecule has 1 aromatic carbocycles. The van der Waals surface area contributed by atoms with Crippen LogP contribution in [0.25, 0.3) is 0 Å². The molecule has 7 heteroatoms. The van der Waals surface area contributed by atoms with Crippen LogP contribution in [0, 0.1) is 11.6 Å². The number of anilines is 3. The van der Waals surface area contributed by atoms with Gasteiger partial charge in [0.15, 0.2) is 0 Å². The zero-order valence-corrected chi connectivity index (χ0v) is 12.3. The summed E-state index contributed by atoms with van der Waals surface area (Å²) in [5.41, 5.74) is 0.281. The molecule has 0 unspecified atom stereocenters. The second kappa shape index (κ2) is 6.60. The van der Waals surface area contributed by atoms with Gasteiger partial charge in [-0.2, -0.15) is 0 Å². The summed E-state index contributed by atoms with van der Waals surface area (Å²) in [4.78, 5) is 8.14. The molecule has 2 N–H and O–H groups in total. The maximum absolute atomic E-state index is 13.1. The van der Waals surface area contributed by atoms with Crippen LogP contribution >= 0.6 is 15.9 Å². The van der Waals surface area contributed by atoms with Gasteiger partial charge in [0.2, 0.25) is 0 Å². The number of hydrogen-bond donors (Lipinski definition) is 2. The van der Waals surface area contributed by atoms with Crippen LogP contribution in [-0.4, -0.2) is 16.5 Å². The van der Waals surface area contributed by atoms with Gasteiger partial charge in [-0.25, -0.2) is 18.7 Å². The number of halogens is 3. The zero-order valence-electron chi connectivity index (χ0n) is 10.8. The van der Waals surface area contributed by atoms with E-state index in [4.69, 9.17) is 0 Å². The van der Waals surface area contributed by atoms with E-state index in [0.29, 0.717) is 16.1 Å². The van der Waals surface area contributed by atoms with Gasteiger partial charge in [-0.1, -0.05) is 6.92 Å². The molecule has 2 rings (SSSR count). The van der Waals surface area contributed by atoms with Crippen LogP contribution in [0.1, 0.15) is 13.3 Å². The lowest BCUT2D eigenvalue weighted by Crippen LogP contribution is -2.05. The van der Waals surface area contributed by atoms with Gasteiger partial charge in [-0.05, 0) is 34.5 Å². The molecular formula is C13H13BrF2N4. The van der Waals surface area contributed by atoms with E-state index in [1.165, 1.54) is 18.5 Å². The van der Waals surface area contributed by atoms with Gasteiger partial charge >= 0.3 is 0 Å². The summed E-state index contributed by atoms with van der Waals surface area (Å²) in [6, 6.07) is 3.20. The molecule has 2 aromatic rings. The lowest BCUT2D eigenvalue weighted by Gasteiger charge is -2.11. The Hall–Kier alpha value is -1.76. The van der Waals surface area contributed by atoms with E-state index in [9.17, 15) is 8.78 Å². The number of nitrogens with zero attached hydrogens (tertiary/aromatic N) is 2. The third-order valence-corrected chi connectivity index (χ3v) is 3.21. The van der Waals surface area contributed by atoms with Crippen LogP contribution in [0.2, 0.25) is 0 Å². The molecule has 0 saturated heterocycles. The van der Waals surface area contributed by atoms with E-state index in [1.54, 1.807) is 0 Å². The van der Waals surface area contributed by atoms with Crippen LogP contribution in [0.15, 0.2) is 29.0 Å². The van der Waals surface area contributed by atoms with Gasteiger partial charge < -0.3 is 10.6 Å². The van der Waals surface area contributed by atoms with Crippen LogP contribution < -0.4 is 10.6 Å². The first-order valence-corrected chi connectivity index (χ1v) is 6.87. The quantitative estimate of drug-likeness (QED) is 0.859. The van der Waals surface area contributed by atoms with E-state index in [-0.39, 0.29) is 5.69 Å². The van der Waals surface area contributed by atoms with Crippen molar-refractivity contribution in [3.63, 3.8) is 0 Å². The SMILES string of the molecule is CCCNc1ncnc(Nc2cc(F)cc(F)c2)c1Br. The molecule has 20 heavy (non-hydrogen) atoms. The number of hydrogen-bond acceptors (Lipinski definition) is 4. The third kappa shape index (κ3) is 3.63. The summed E-state index contributed by atoms with van der Waals surface area (Å²) in [5.74, 6) is -0.242. The number of aromatic nitrogens is 2. The van der Waals surface area contributed by atoms with Gasteiger partial charge in [0.05, 0.1) is 0 Å². The molecule has 106 valence electrons. The zero-order chi connectivity index (χ0) is 14.5. The van der Waals surface area contributed by atoms with Crippen LogP contribution in [0.3, 0.4) is 0 Å². The fourth-order valence-corrected chi connectivity index (χ4v) is 2.03. The summed E-state index contributed by atoms with van der Waals surface area (Å²) in [6.07, 6.45) is 2.33. The van der Waals surface area contributed by atoms with Crippen molar-refractivity contribution in [3.8, 4) is 0 Å². The highest BCUT2D eigenvalue weighted by Gasteiger charge is 2.09. The van der Waals surface area contributed by atoms with Gasteiger partial charge in [0.1, 0.15) is 34.1 Å². The van der Waals surface area contributed by atoms with Crippen LogP contribution in [0.4, 0.5) is 26.1 Å². The maximum Gasteiger partial charge on any atom is 0.150 e. The summed E-state index contributed by atoms with van der Waals surface area (Å²) in [6.45, 7) is 2.81. The summed E-state index contributed by atoms with van der Waals surface area (Å²) in [7, 11) is 0. The molecule has 0 bridgehead atoms. The van der Waals surface area contributed by atoms with Crippen molar-refractivity contribution in [2.24, 2.45) is 0 Å². The van der Waals surface area contributed by atoms with Crippen molar-refractivity contribution in [1.82, 2.24) is 9.97 Å². The predicted molar refractivity (Wildman–Crippen MR) is 78.2 cm³/mol. The van der Waals surface area contributed by atoms with Crippen molar-refractivity contribution in [2.75, 3.05) is 17.2 Å². The number of rotatable bonds is 5. The lowest BCUT2D eigenvalue weighted by molar-refractivity contribution is 0.584. The Balaban J connectivity index is 2.24. The van der Waals surface area contributed by atoms with Crippen molar-refractivity contribution in [1.29, 1.82) is 0 Å². The first-order chi connectivity index (χ1) is 9.60. The van der Waals surface area contributed by atoms with Crippen molar-refractivity contribution in [2.45, 2.75) is 13.3 Å².